The summed E-state index contributed by atoms with van der Waals surface area (Å²) in [4.78, 5) is 15.9. The number of hydrogen-bond donors (Lipinski definition) is 1. The molecule has 1 atom stereocenters. The molecule has 24 heavy (non-hydrogen) atoms. The Bertz CT molecular complexity index is 951. The Labute approximate surface area is 141 Å². The molecule has 0 amide bonds. The van der Waals surface area contributed by atoms with Gasteiger partial charge in [-0.3, -0.25) is 4.79 Å². The summed E-state index contributed by atoms with van der Waals surface area (Å²) < 4.78 is 5.39. The quantitative estimate of drug-likeness (QED) is 0.745. The van der Waals surface area contributed by atoms with Crippen LogP contribution in [0.5, 0.6) is 5.75 Å². The highest BCUT2D eigenvalue weighted by molar-refractivity contribution is 6.05. The third-order valence-corrected chi connectivity index (χ3v) is 4.71. The molecule has 4 rings (SSSR count). The van der Waals surface area contributed by atoms with E-state index in [9.17, 15) is 4.79 Å². The van der Waals surface area contributed by atoms with Crippen LogP contribution in [0.2, 0.25) is 0 Å². The third-order valence-electron chi connectivity index (χ3n) is 4.71. The van der Waals surface area contributed by atoms with Crippen LogP contribution in [0, 0.1) is 0 Å². The van der Waals surface area contributed by atoms with Crippen molar-refractivity contribution >= 4 is 22.3 Å². The number of ether oxygens (including phenoxy) is 1. The Morgan fingerprint density at radius 1 is 1.12 bits per heavy atom. The second-order valence-corrected chi connectivity index (χ2v) is 6.32. The minimum absolute atomic E-state index is 0.158. The van der Waals surface area contributed by atoms with Crippen LogP contribution >= 0.6 is 0 Å². The number of nitrogens with one attached hydrogen (secondary N) is 1. The SMILES string of the molecule is COc1ccc2[nH]c3c(c2c1)C(C)CC(=O)C=C3c1ccccc1. The first-order chi connectivity index (χ1) is 11.7. The largest absolute Gasteiger partial charge is 0.497 e. The monoisotopic (exact) mass is 317 g/mol. The summed E-state index contributed by atoms with van der Waals surface area (Å²) in [6.45, 7) is 2.12. The van der Waals surface area contributed by atoms with E-state index in [2.05, 4.69) is 18.0 Å². The molecule has 1 aliphatic carbocycles. The van der Waals surface area contributed by atoms with Crippen molar-refractivity contribution in [3.8, 4) is 5.75 Å². The zero-order valence-corrected chi connectivity index (χ0v) is 13.8. The number of carbonyl (C=O) groups is 1. The van der Waals surface area contributed by atoms with Crippen molar-refractivity contribution in [3.05, 3.63) is 71.4 Å². The Morgan fingerprint density at radius 3 is 2.67 bits per heavy atom. The summed E-state index contributed by atoms with van der Waals surface area (Å²) in [6, 6.07) is 16.1. The van der Waals surface area contributed by atoms with Gasteiger partial charge in [0.05, 0.1) is 12.8 Å². The summed E-state index contributed by atoms with van der Waals surface area (Å²) in [6.07, 6.45) is 2.30. The molecule has 3 aromatic rings. The van der Waals surface area contributed by atoms with Crippen molar-refractivity contribution < 1.29 is 9.53 Å². The lowest BCUT2D eigenvalue weighted by Gasteiger charge is -2.11. The van der Waals surface area contributed by atoms with Gasteiger partial charge in [0.2, 0.25) is 0 Å². The van der Waals surface area contributed by atoms with Crippen LogP contribution in [0.4, 0.5) is 0 Å². The Morgan fingerprint density at radius 2 is 1.92 bits per heavy atom. The average Bonchev–Trinajstić information content (AvgIpc) is 2.92. The summed E-state index contributed by atoms with van der Waals surface area (Å²) >= 11 is 0. The van der Waals surface area contributed by atoms with E-state index in [4.69, 9.17) is 4.74 Å². The zero-order valence-electron chi connectivity index (χ0n) is 13.8. The molecule has 1 heterocycles. The lowest BCUT2D eigenvalue weighted by Crippen LogP contribution is -1.99. The van der Waals surface area contributed by atoms with Gasteiger partial charge in [0.15, 0.2) is 5.78 Å². The van der Waals surface area contributed by atoms with E-state index < -0.39 is 0 Å². The van der Waals surface area contributed by atoms with Crippen molar-refractivity contribution in [1.82, 2.24) is 4.98 Å². The molecule has 0 saturated heterocycles. The molecule has 0 fully saturated rings. The minimum atomic E-state index is 0.158. The Kier molecular flexibility index (Phi) is 3.49. The topological polar surface area (TPSA) is 42.1 Å². The highest BCUT2D eigenvalue weighted by atomic mass is 16.5. The fraction of sp³-hybridized carbons (Fsp3) is 0.190. The van der Waals surface area contributed by atoms with E-state index in [0.29, 0.717) is 6.42 Å². The summed E-state index contributed by atoms with van der Waals surface area (Å²) in [5.41, 5.74) is 5.34. The third kappa shape index (κ3) is 2.33. The molecule has 1 aromatic heterocycles. The van der Waals surface area contributed by atoms with Gasteiger partial charge < -0.3 is 9.72 Å². The van der Waals surface area contributed by atoms with Crippen molar-refractivity contribution in [3.63, 3.8) is 0 Å². The van der Waals surface area contributed by atoms with Gasteiger partial charge in [-0.05, 0) is 41.3 Å². The number of aromatic nitrogens is 1. The van der Waals surface area contributed by atoms with Crippen molar-refractivity contribution in [2.24, 2.45) is 0 Å². The maximum Gasteiger partial charge on any atom is 0.156 e. The lowest BCUT2D eigenvalue weighted by molar-refractivity contribution is -0.114. The molecular weight excluding hydrogens is 298 g/mol. The van der Waals surface area contributed by atoms with Crippen molar-refractivity contribution in [2.75, 3.05) is 7.11 Å². The van der Waals surface area contributed by atoms with Gasteiger partial charge in [-0.2, -0.15) is 0 Å². The van der Waals surface area contributed by atoms with Gasteiger partial charge >= 0.3 is 0 Å². The smallest absolute Gasteiger partial charge is 0.156 e. The number of methoxy groups -OCH3 is 1. The molecule has 0 aliphatic heterocycles. The van der Waals surface area contributed by atoms with Gasteiger partial charge in [-0.15, -0.1) is 0 Å². The van der Waals surface area contributed by atoms with E-state index in [1.165, 1.54) is 5.56 Å². The summed E-state index contributed by atoms with van der Waals surface area (Å²) in [5, 5.41) is 1.13. The van der Waals surface area contributed by atoms with Crippen LogP contribution in [0.3, 0.4) is 0 Å². The number of allylic oxidation sites excluding steroid dienone is 1. The number of hydrogen-bond acceptors (Lipinski definition) is 2. The van der Waals surface area contributed by atoms with E-state index >= 15 is 0 Å². The van der Waals surface area contributed by atoms with Gasteiger partial charge in [0.25, 0.3) is 0 Å². The molecule has 0 bridgehead atoms. The predicted octanol–water partition coefficient (Wildman–Crippen LogP) is 4.68. The highest BCUT2D eigenvalue weighted by Crippen LogP contribution is 2.40. The molecular formula is C21H19NO2. The van der Waals surface area contributed by atoms with Crippen LogP contribution in [-0.4, -0.2) is 17.9 Å². The van der Waals surface area contributed by atoms with Crippen LogP contribution in [0.1, 0.15) is 36.1 Å². The second kappa shape index (κ2) is 5.68. The molecule has 0 radical (unpaired) electrons. The van der Waals surface area contributed by atoms with Gasteiger partial charge in [-0.1, -0.05) is 37.3 Å². The Hall–Kier alpha value is -2.81. The average molecular weight is 317 g/mol. The number of aromatic amines is 1. The number of fused-ring (bicyclic) bond motifs is 3. The number of ketones is 1. The van der Waals surface area contributed by atoms with E-state index in [0.717, 1.165) is 33.5 Å². The maximum absolute atomic E-state index is 12.4. The molecule has 0 spiro atoms. The molecule has 3 nitrogen and oxygen atoms in total. The molecule has 1 unspecified atom stereocenters. The van der Waals surface area contributed by atoms with Crippen LogP contribution in [0.25, 0.3) is 16.5 Å². The first-order valence-corrected chi connectivity index (χ1v) is 8.17. The Balaban J connectivity index is 2.01. The standard InChI is InChI=1S/C21H19NO2/c1-13-10-15(23)11-17(14-6-4-3-5-7-14)21-20(13)18-12-16(24-2)8-9-19(18)22-21/h3-9,11-13,22H,10H2,1-2H3. The number of benzene rings is 2. The minimum Gasteiger partial charge on any atom is -0.497 e. The van der Waals surface area contributed by atoms with Crippen LogP contribution < -0.4 is 4.74 Å². The van der Waals surface area contributed by atoms with Crippen molar-refractivity contribution in [1.29, 1.82) is 0 Å². The van der Waals surface area contributed by atoms with E-state index in [-0.39, 0.29) is 11.7 Å². The molecule has 2 aromatic carbocycles. The normalized spacial score (nSPS) is 17.3. The highest BCUT2D eigenvalue weighted by Gasteiger charge is 2.26. The van der Waals surface area contributed by atoms with E-state index in [1.807, 2.05) is 42.5 Å². The number of H-pyrrole nitrogens is 1. The molecule has 3 heteroatoms. The summed E-state index contributed by atoms with van der Waals surface area (Å²) in [5.74, 6) is 1.16. The fourth-order valence-corrected chi connectivity index (χ4v) is 3.58. The van der Waals surface area contributed by atoms with Crippen molar-refractivity contribution in [2.45, 2.75) is 19.3 Å². The first kappa shape index (κ1) is 14.8. The predicted molar refractivity (Wildman–Crippen MR) is 96.4 cm³/mol. The van der Waals surface area contributed by atoms with E-state index in [1.54, 1.807) is 13.2 Å². The van der Waals surface area contributed by atoms with Gasteiger partial charge in [0.1, 0.15) is 5.75 Å². The summed E-state index contributed by atoms with van der Waals surface area (Å²) in [7, 11) is 1.68. The number of carbonyl (C=O) groups excluding carboxylic acids is 1. The van der Waals surface area contributed by atoms with Crippen LogP contribution in [0.15, 0.2) is 54.6 Å². The zero-order chi connectivity index (χ0) is 16.7. The van der Waals surface area contributed by atoms with Gasteiger partial charge in [-0.25, -0.2) is 0 Å². The molecule has 1 aliphatic rings. The molecule has 0 saturated carbocycles. The second-order valence-electron chi connectivity index (χ2n) is 6.32. The lowest BCUT2D eigenvalue weighted by atomic mass is 9.93. The molecule has 1 N–H and O–H groups in total. The molecule has 120 valence electrons. The number of rotatable bonds is 2. The van der Waals surface area contributed by atoms with Crippen LogP contribution in [-0.2, 0) is 4.79 Å². The fourth-order valence-electron chi connectivity index (χ4n) is 3.58. The first-order valence-electron chi connectivity index (χ1n) is 8.17. The van der Waals surface area contributed by atoms with Gasteiger partial charge in [0, 0.05) is 22.9 Å². The maximum atomic E-state index is 12.4.